The van der Waals surface area contributed by atoms with E-state index in [-0.39, 0.29) is 11.9 Å². The Kier molecular flexibility index (Phi) is 6.51. The van der Waals surface area contributed by atoms with Gasteiger partial charge < -0.3 is 0 Å². The van der Waals surface area contributed by atoms with Crippen molar-refractivity contribution in [3.63, 3.8) is 0 Å². The highest BCUT2D eigenvalue weighted by molar-refractivity contribution is 9.10. The summed E-state index contributed by atoms with van der Waals surface area (Å²) in [5.74, 6) is 6.00. The van der Waals surface area contributed by atoms with Crippen LogP contribution in [0.15, 0.2) is 51.8 Å². The third-order valence-corrected chi connectivity index (χ3v) is 5.00. The lowest BCUT2D eigenvalue weighted by molar-refractivity contribution is 0.547. The second-order valence-electron chi connectivity index (χ2n) is 4.54. The molecule has 0 aromatic heterocycles. The van der Waals surface area contributed by atoms with E-state index in [9.17, 15) is 4.39 Å². The van der Waals surface area contributed by atoms with Gasteiger partial charge in [-0.1, -0.05) is 39.7 Å². The van der Waals surface area contributed by atoms with Crippen LogP contribution < -0.4 is 11.3 Å². The van der Waals surface area contributed by atoms with Crippen molar-refractivity contribution in [3.05, 3.63) is 63.3 Å². The zero-order valence-corrected chi connectivity index (χ0v) is 14.3. The standard InChI is InChI=1S/C15H15BrClFN2S/c16-10-3-1-4-12(7-10)21-9-11(20-19)8-13-14(17)5-2-6-15(13)18/h1-7,11,20H,8-9,19H2. The first-order chi connectivity index (χ1) is 10.1. The van der Waals surface area contributed by atoms with E-state index in [0.29, 0.717) is 17.0 Å². The highest BCUT2D eigenvalue weighted by Gasteiger charge is 2.14. The summed E-state index contributed by atoms with van der Waals surface area (Å²) < 4.78 is 14.8. The molecule has 0 radical (unpaired) electrons. The molecule has 3 N–H and O–H groups in total. The molecule has 21 heavy (non-hydrogen) atoms. The van der Waals surface area contributed by atoms with Crippen LogP contribution in [0.25, 0.3) is 0 Å². The first-order valence-corrected chi connectivity index (χ1v) is 8.53. The van der Waals surface area contributed by atoms with E-state index < -0.39 is 0 Å². The molecule has 0 spiro atoms. The number of thioether (sulfide) groups is 1. The summed E-state index contributed by atoms with van der Waals surface area (Å²) in [5, 5.41) is 0.433. The van der Waals surface area contributed by atoms with Gasteiger partial charge in [0.15, 0.2) is 0 Å². The minimum atomic E-state index is -0.296. The molecule has 1 atom stereocenters. The van der Waals surface area contributed by atoms with Gasteiger partial charge in [-0.2, -0.15) is 0 Å². The van der Waals surface area contributed by atoms with Gasteiger partial charge in [-0.3, -0.25) is 11.3 Å². The van der Waals surface area contributed by atoms with E-state index in [2.05, 4.69) is 21.4 Å². The molecule has 2 rings (SSSR count). The predicted molar refractivity (Wildman–Crippen MR) is 91.1 cm³/mol. The number of hydrazine groups is 1. The first-order valence-electron chi connectivity index (χ1n) is 6.37. The van der Waals surface area contributed by atoms with Crippen molar-refractivity contribution in [2.45, 2.75) is 17.4 Å². The number of rotatable bonds is 6. The molecule has 112 valence electrons. The lowest BCUT2D eigenvalue weighted by atomic mass is 10.1. The number of benzene rings is 2. The fourth-order valence-corrected chi connectivity index (χ4v) is 3.68. The maximum atomic E-state index is 13.8. The summed E-state index contributed by atoms with van der Waals surface area (Å²) in [6, 6.07) is 12.6. The van der Waals surface area contributed by atoms with Gasteiger partial charge in [-0.05, 0) is 36.8 Å². The molecular weight excluding hydrogens is 375 g/mol. The molecule has 0 bridgehead atoms. The minimum absolute atomic E-state index is 0.0663. The van der Waals surface area contributed by atoms with Crippen LogP contribution in [0.5, 0.6) is 0 Å². The third-order valence-electron chi connectivity index (χ3n) is 3.00. The van der Waals surface area contributed by atoms with Crippen molar-refractivity contribution in [1.29, 1.82) is 0 Å². The van der Waals surface area contributed by atoms with Crippen molar-refractivity contribution in [2.75, 3.05) is 5.75 Å². The summed E-state index contributed by atoms with van der Waals surface area (Å²) >= 11 is 11.1. The fourth-order valence-electron chi connectivity index (χ4n) is 1.89. The van der Waals surface area contributed by atoms with Crippen LogP contribution in [0.3, 0.4) is 0 Å². The summed E-state index contributed by atoms with van der Waals surface area (Å²) in [6.45, 7) is 0. The quantitative estimate of drug-likeness (QED) is 0.437. The molecule has 0 amide bonds. The monoisotopic (exact) mass is 388 g/mol. The van der Waals surface area contributed by atoms with E-state index in [1.165, 1.54) is 6.07 Å². The molecule has 6 heteroatoms. The number of hydrogen-bond donors (Lipinski definition) is 2. The zero-order chi connectivity index (χ0) is 15.2. The summed E-state index contributed by atoms with van der Waals surface area (Å²) in [5.41, 5.74) is 3.23. The summed E-state index contributed by atoms with van der Waals surface area (Å²) in [7, 11) is 0. The molecule has 0 aliphatic rings. The van der Waals surface area contributed by atoms with Gasteiger partial charge >= 0.3 is 0 Å². The molecule has 0 saturated carbocycles. The largest absolute Gasteiger partial charge is 0.271 e. The Morgan fingerprint density at radius 2 is 2.05 bits per heavy atom. The average molecular weight is 390 g/mol. The Balaban J connectivity index is 2.00. The maximum absolute atomic E-state index is 13.8. The van der Waals surface area contributed by atoms with Crippen LogP contribution in [0, 0.1) is 5.82 Å². The number of nitrogens with two attached hydrogens (primary N) is 1. The maximum Gasteiger partial charge on any atom is 0.127 e. The Labute approximate surface area is 141 Å². The number of hydrogen-bond acceptors (Lipinski definition) is 3. The van der Waals surface area contributed by atoms with Gasteiger partial charge in [0.2, 0.25) is 0 Å². The van der Waals surface area contributed by atoms with Gasteiger partial charge in [-0.15, -0.1) is 11.8 Å². The molecular formula is C15H15BrClFN2S. The molecule has 0 aliphatic carbocycles. The molecule has 1 unspecified atom stereocenters. The fraction of sp³-hybridized carbons (Fsp3) is 0.200. The Morgan fingerprint density at radius 3 is 2.71 bits per heavy atom. The minimum Gasteiger partial charge on any atom is -0.271 e. The van der Waals surface area contributed by atoms with Gasteiger partial charge in [0.05, 0.1) is 0 Å². The van der Waals surface area contributed by atoms with Crippen molar-refractivity contribution in [1.82, 2.24) is 5.43 Å². The number of nitrogens with one attached hydrogen (secondary N) is 1. The van der Waals surface area contributed by atoms with Gasteiger partial charge in [0.25, 0.3) is 0 Å². The van der Waals surface area contributed by atoms with Crippen LogP contribution in [0.1, 0.15) is 5.56 Å². The van der Waals surface area contributed by atoms with E-state index in [1.807, 2.05) is 24.3 Å². The van der Waals surface area contributed by atoms with Gasteiger partial charge in [0, 0.05) is 31.7 Å². The smallest absolute Gasteiger partial charge is 0.127 e. The molecule has 0 aliphatic heterocycles. The Hall–Kier alpha value is -0.590. The van der Waals surface area contributed by atoms with Crippen LogP contribution >= 0.6 is 39.3 Å². The Morgan fingerprint density at radius 1 is 1.29 bits per heavy atom. The topological polar surface area (TPSA) is 38.0 Å². The van der Waals surface area contributed by atoms with Crippen molar-refractivity contribution in [2.24, 2.45) is 5.84 Å². The van der Waals surface area contributed by atoms with E-state index >= 15 is 0 Å². The molecule has 2 nitrogen and oxygen atoms in total. The van der Waals surface area contributed by atoms with E-state index in [1.54, 1.807) is 23.9 Å². The zero-order valence-electron chi connectivity index (χ0n) is 11.2. The van der Waals surface area contributed by atoms with Crippen LogP contribution in [-0.2, 0) is 6.42 Å². The highest BCUT2D eigenvalue weighted by Crippen LogP contribution is 2.25. The van der Waals surface area contributed by atoms with Crippen molar-refractivity contribution >= 4 is 39.3 Å². The molecule has 0 heterocycles. The van der Waals surface area contributed by atoms with Crippen LogP contribution in [0.4, 0.5) is 4.39 Å². The molecule has 0 fully saturated rings. The van der Waals surface area contributed by atoms with Crippen LogP contribution in [0.2, 0.25) is 5.02 Å². The lowest BCUT2D eigenvalue weighted by Crippen LogP contribution is -2.39. The normalized spacial score (nSPS) is 12.4. The molecule has 2 aromatic rings. The van der Waals surface area contributed by atoms with Gasteiger partial charge in [0.1, 0.15) is 5.82 Å². The van der Waals surface area contributed by atoms with Crippen molar-refractivity contribution < 1.29 is 4.39 Å². The second-order valence-corrected chi connectivity index (χ2v) is 6.95. The number of halogens is 3. The molecule has 2 aromatic carbocycles. The summed E-state index contributed by atoms with van der Waals surface area (Å²) in [6.07, 6.45) is 0.447. The third kappa shape index (κ3) is 4.97. The van der Waals surface area contributed by atoms with Crippen molar-refractivity contribution in [3.8, 4) is 0 Å². The predicted octanol–water partition coefficient (Wildman–Crippen LogP) is 4.41. The summed E-state index contributed by atoms with van der Waals surface area (Å²) in [4.78, 5) is 1.13. The highest BCUT2D eigenvalue weighted by atomic mass is 79.9. The molecule has 0 saturated heterocycles. The van der Waals surface area contributed by atoms with E-state index in [0.717, 1.165) is 15.1 Å². The second kappa shape index (κ2) is 8.15. The SMILES string of the molecule is NNC(CSc1cccc(Br)c1)Cc1c(F)cccc1Cl. The average Bonchev–Trinajstić information content (AvgIpc) is 2.46. The Bertz CT molecular complexity index is 592. The van der Waals surface area contributed by atoms with E-state index in [4.69, 9.17) is 17.4 Å². The van der Waals surface area contributed by atoms with Crippen LogP contribution in [-0.4, -0.2) is 11.8 Å². The van der Waals surface area contributed by atoms with Gasteiger partial charge in [-0.25, -0.2) is 4.39 Å². The first kappa shape index (κ1) is 16.8. The lowest BCUT2D eigenvalue weighted by Gasteiger charge is -2.17.